The van der Waals surface area contributed by atoms with E-state index < -0.39 is 0 Å². The first-order valence-electron chi connectivity index (χ1n) is 8.46. The maximum atomic E-state index is 12.4. The highest BCUT2D eigenvalue weighted by atomic mass is 32.1. The molecule has 0 atom stereocenters. The summed E-state index contributed by atoms with van der Waals surface area (Å²) in [5, 5.41) is 5.55. The van der Waals surface area contributed by atoms with Gasteiger partial charge in [0.25, 0.3) is 0 Å². The Bertz CT molecular complexity index is 570. The van der Waals surface area contributed by atoms with E-state index in [0.29, 0.717) is 24.8 Å². The highest BCUT2D eigenvalue weighted by Gasteiger charge is 2.34. The van der Waals surface area contributed by atoms with Crippen LogP contribution in [0.5, 0.6) is 0 Å². The molecule has 23 heavy (non-hydrogen) atoms. The molecule has 1 aliphatic heterocycles. The first-order chi connectivity index (χ1) is 11.2. The third-order valence-electron chi connectivity index (χ3n) is 4.29. The maximum Gasteiger partial charge on any atom is 0.323 e. The number of carbonyl (C=O) groups excluding carboxylic acids is 2. The molecule has 0 radical (unpaired) electrons. The molecule has 0 bridgehead atoms. The Hall–Kier alpha value is -1.63. The van der Waals surface area contributed by atoms with Gasteiger partial charge in [0.15, 0.2) is 5.13 Å². The zero-order valence-corrected chi connectivity index (χ0v) is 14.4. The van der Waals surface area contributed by atoms with E-state index in [1.807, 2.05) is 10.3 Å². The molecule has 2 heterocycles. The second-order valence-electron chi connectivity index (χ2n) is 6.26. The summed E-state index contributed by atoms with van der Waals surface area (Å²) in [5.74, 6) is 0.527. The Balaban J connectivity index is 1.51. The molecule has 1 aliphatic carbocycles. The van der Waals surface area contributed by atoms with Crippen molar-refractivity contribution in [3.05, 3.63) is 11.1 Å². The molecule has 7 heteroatoms. The molecule has 0 unspecified atom stereocenters. The first-order valence-corrected chi connectivity index (χ1v) is 9.34. The fraction of sp³-hybridized carbons (Fsp3) is 0.688. The Labute approximate surface area is 140 Å². The summed E-state index contributed by atoms with van der Waals surface area (Å²) in [5.41, 5.74) is 1.03. The number of thiazole rings is 1. The number of hydrogen-bond acceptors (Lipinski definition) is 4. The van der Waals surface area contributed by atoms with Gasteiger partial charge >= 0.3 is 6.03 Å². The van der Waals surface area contributed by atoms with Crippen molar-refractivity contribution in [2.75, 3.05) is 31.5 Å². The zero-order chi connectivity index (χ0) is 16.2. The standard InChI is InChI=1S/C16H24N4O2S/c1-2-4-13-11-23-15(17-13)18-16(22)20-8-3-7-19(9-10-20)14(21)12-5-6-12/h11-12H,2-10H2,1H3,(H,17,18,22). The molecule has 1 saturated heterocycles. The Morgan fingerprint density at radius 2 is 2.00 bits per heavy atom. The van der Waals surface area contributed by atoms with E-state index in [4.69, 9.17) is 0 Å². The van der Waals surface area contributed by atoms with E-state index in [2.05, 4.69) is 17.2 Å². The SMILES string of the molecule is CCCc1csc(NC(=O)N2CCCN(C(=O)C3CC3)CC2)n1. The van der Waals surface area contributed by atoms with E-state index in [-0.39, 0.29) is 17.9 Å². The van der Waals surface area contributed by atoms with Crippen molar-refractivity contribution in [3.8, 4) is 0 Å². The number of aryl methyl sites for hydroxylation is 1. The molecule has 126 valence electrons. The van der Waals surface area contributed by atoms with Crippen LogP contribution >= 0.6 is 11.3 Å². The van der Waals surface area contributed by atoms with Crippen LogP contribution in [0.4, 0.5) is 9.93 Å². The van der Waals surface area contributed by atoms with Gasteiger partial charge in [-0.1, -0.05) is 13.3 Å². The Kier molecular flexibility index (Phi) is 5.15. The molecule has 2 aliphatic rings. The van der Waals surface area contributed by atoms with E-state index in [9.17, 15) is 9.59 Å². The predicted molar refractivity (Wildman–Crippen MR) is 90.6 cm³/mol. The van der Waals surface area contributed by atoms with Gasteiger partial charge in [0.1, 0.15) is 0 Å². The Morgan fingerprint density at radius 1 is 1.26 bits per heavy atom. The fourth-order valence-corrected chi connectivity index (χ4v) is 3.57. The highest BCUT2D eigenvalue weighted by molar-refractivity contribution is 7.13. The van der Waals surface area contributed by atoms with E-state index >= 15 is 0 Å². The lowest BCUT2D eigenvalue weighted by molar-refractivity contribution is -0.132. The zero-order valence-electron chi connectivity index (χ0n) is 13.6. The number of hydrogen-bond donors (Lipinski definition) is 1. The van der Waals surface area contributed by atoms with Crippen molar-refractivity contribution in [2.45, 2.75) is 39.0 Å². The third-order valence-corrected chi connectivity index (χ3v) is 5.10. The van der Waals surface area contributed by atoms with Crippen LogP contribution in [-0.4, -0.2) is 52.9 Å². The molecule has 1 aromatic heterocycles. The average molecular weight is 336 g/mol. The van der Waals surface area contributed by atoms with Crippen molar-refractivity contribution in [1.82, 2.24) is 14.8 Å². The smallest absolute Gasteiger partial charge is 0.323 e. The molecular weight excluding hydrogens is 312 g/mol. The topological polar surface area (TPSA) is 65.5 Å². The van der Waals surface area contributed by atoms with Gasteiger partial charge in [-0.3, -0.25) is 10.1 Å². The highest BCUT2D eigenvalue weighted by Crippen LogP contribution is 2.31. The van der Waals surface area contributed by atoms with Crippen molar-refractivity contribution in [3.63, 3.8) is 0 Å². The minimum absolute atomic E-state index is 0.108. The van der Waals surface area contributed by atoms with Crippen LogP contribution in [0.3, 0.4) is 0 Å². The summed E-state index contributed by atoms with van der Waals surface area (Å²) in [6.45, 7) is 4.80. The summed E-state index contributed by atoms with van der Waals surface area (Å²) < 4.78 is 0. The average Bonchev–Trinajstić information content (AvgIpc) is 3.33. The van der Waals surface area contributed by atoms with Gasteiger partial charge in [0.2, 0.25) is 5.91 Å². The monoisotopic (exact) mass is 336 g/mol. The lowest BCUT2D eigenvalue weighted by Crippen LogP contribution is -2.39. The van der Waals surface area contributed by atoms with Gasteiger partial charge in [0, 0.05) is 37.5 Å². The number of anilines is 1. The second-order valence-corrected chi connectivity index (χ2v) is 7.12. The van der Waals surface area contributed by atoms with Crippen LogP contribution in [0.2, 0.25) is 0 Å². The molecule has 3 rings (SSSR count). The van der Waals surface area contributed by atoms with E-state index in [0.717, 1.165) is 44.3 Å². The first kappa shape index (κ1) is 16.2. The van der Waals surface area contributed by atoms with Crippen LogP contribution in [0.25, 0.3) is 0 Å². The third kappa shape index (κ3) is 4.22. The predicted octanol–water partition coefficient (Wildman–Crippen LogP) is 2.57. The van der Waals surface area contributed by atoms with Gasteiger partial charge in [-0.05, 0) is 25.7 Å². The molecule has 2 fully saturated rings. The second kappa shape index (κ2) is 7.29. The van der Waals surface area contributed by atoms with Crippen molar-refractivity contribution < 1.29 is 9.59 Å². The Morgan fingerprint density at radius 3 is 2.74 bits per heavy atom. The normalized spacial score (nSPS) is 18.7. The number of nitrogens with zero attached hydrogens (tertiary/aromatic N) is 3. The quantitative estimate of drug-likeness (QED) is 0.919. The molecule has 6 nitrogen and oxygen atoms in total. The lowest BCUT2D eigenvalue weighted by atomic mass is 10.3. The van der Waals surface area contributed by atoms with E-state index in [1.165, 1.54) is 11.3 Å². The fourth-order valence-electron chi connectivity index (χ4n) is 2.84. The molecule has 3 amide bonds. The number of urea groups is 1. The minimum Gasteiger partial charge on any atom is -0.341 e. The summed E-state index contributed by atoms with van der Waals surface area (Å²) in [4.78, 5) is 32.7. The number of carbonyl (C=O) groups is 2. The van der Waals surface area contributed by atoms with Crippen molar-refractivity contribution in [2.24, 2.45) is 5.92 Å². The maximum absolute atomic E-state index is 12.4. The van der Waals surface area contributed by atoms with Crippen molar-refractivity contribution in [1.29, 1.82) is 0 Å². The van der Waals surface area contributed by atoms with Crippen LogP contribution in [0.1, 0.15) is 38.3 Å². The number of rotatable bonds is 4. The molecular formula is C16H24N4O2S. The van der Waals surface area contributed by atoms with Gasteiger partial charge in [0.05, 0.1) is 5.69 Å². The van der Waals surface area contributed by atoms with Gasteiger partial charge in [-0.25, -0.2) is 9.78 Å². The number of amides is 3. The van der Waals surface area contributed by atoms with Gasteiger partial charge in [-0.2, -0.15) is 0 Å². The number of nitrogens with one attached hydrogen (secondary N) is 1. The van der Waals surface area contributed by atoms with Crippen molar-refractivity contribution >= 4 is 28.4 Å². The minimum atomic E-state index is -0.108. The molecule has 0 aromatic carbocycles. The van der Waals surface area contributed by atoms with E-state index in [1.54, 1.807) is 4.90 Å². The summed E-state index contributed by atoms with van der Waals surface area (Å²) in [7, 11) is 0. The number of aromatic nitrogens is 1. The van der Waals surface area contributed by atoms with Crippen LogP contribution in [0, 0.1) is 5.92 Å². The molecule has 1 aromatic rings. The van der Waals surface area contributed by atoms with Crippen LogP contribution < -0.4 is 5.32 Å². The van der Waals surface area contributed by atoms with Gasteiger partial charge < -0.3 is 9.80 Å². The molecule has 1 saturated carbocycles. The summed E-state index contributed by atoms with van der Waals surface area (Å²) in [6.07, 6.45) is 4.89. The summed E-state index contributed by atoms with van der Waals surface area (Å²) >= 11 is 1.47. The van der Waals surface area contributed by atoms with Crippen LogP contribution in [0.15, 0.2) is 5.38 Å². The molecule has 0 spiro atoms. The largest absolute Gasteiger partial charge is 0.341 e. The lowest BCUT2D eigenvalue weighted by Gasteiger charge is -2.22. The van der Waals surface area contributed by atoms with Gasteiger partial charge in [-0.15, -0.1) is 11.3 Å². The summed E-state index contributed by atoms with van der Waals surface area (Å²) in [6, 6.07) is -0.108. The van der Waals surface area contributed by atoms with Crippen LogP contribution in [-0.2, 0) is 11.2 Å². The molecule has 1 N–H and O–H groups in total.